The average Bonchev–Trinajstić information content (AvgIpc) is 2.46. The minimum absolute atomic E-state index is 0.304. The summed E-state index contributed by atoms with van der Waals surface area (Å²) in [7, 11) is 1.56. The monoisotopic (exact) mass is 293 g/mol. The van der Waals surface area contributed by atoms with E-state index in [1.807, 2.05) is 12.1 Å². The summed E-state index contributed by atoms with van der Waals surface area (Å²) in [6, 6.07) is 8.86. The van der Waals surface area contributed by atoms with E-state index >= 15 is 0 Å². The first-order valence-electron chi connectivity index (χ1n) is 6.20. The van der Waals surface area contributed by atoms with Crippen molar-refractivity contribution in [1.82, 2.24) is 4.98 Å². The fraction of sp³-hybridized carbons (Fsp3) is 0.267. The maximum absolute atomic E-state index is 9.75. The van der Waals surface area contributed by atoms with Gasteiger partial charge in [-0.2, -0.15) is 0 Å². The van der Waals surface area contributed by atoms with Crippen molar-refractivity contribution in [3.63, 3.8) is 0 Å². The van der Waals surface area contributed by atoms with Crippen LogP contribution in [-0.2, 0) is 6.61 Å². The van der Waals surface area contributed by atoms with Crippen molar-refractivity contribution in [1.29, 1.82) is 0 Å². The number of aliphatic hydroxyl groups is 1. The number of nitrogens with zero attached hydrogens (tertiary/aromatic N) is 1. The largest absolute Gasteiger partial charge is 0.488 e. The summed E-state index contributed by atoms with van der Waals surface area (Å²) in [5, 5.41) is 10.3. The zero-order chi connectivity index (χ0) is 14.5. The molecule has 0 bridgehead atoms. The van der Waals surface area contributed by atoms with Gasteiger partial charge in [0.2, 0.25) is 5.88 Å². The van der Waals surface area contributed by atoms with E-state index in [1.165, 1.54) is 0 Å². The van der Waals surface area contributed by atoms with Gasteiger partial charge < -0.3 is 14.6 Å². The van der Waals surface area contributed by atoms with Gasteiger partial charge in [-0.3, -0.25) is 0 Å². The van der Waals surface area contributed by atoms with E-state index in [9.17, 15) is 5.11 Å². The van der Waals surface area contributed by atoms with Gasteiger partial charge in [-0.15, -0.1) is 0 Å². The molecule has 2 rings (SSSR count). The molecule has 1 aromatic carbocycles. The second-order valence-electron chi connectivity index (χ2n) is 4.32. The Morgan fingerprint density at radius 3 is 2.85 bits per heavy atom. The van der Waals surface area contributed by atoms with Gasteiger partial charge in [0.15, 0.2) is 0 Å². The molecule has 5 heteroatoms. The third-order valence-corrected chi connectivity index (χ3v) is 3.08. The number of pyridine rings is 1. The number of methoxy groups -OCH3 is 1. The summed E-state index contributed by atoms with van der Waals surface area (Å²) in [5.41, 5.74) is 1.49. The number of hydrogen-bond acceptors (Lipinski definition) is 4. The van der Waals surface area contributed by atoms with Gasteiger partial charge in [-0.05, 0) is 37.3 Å². The number of halogens is 1. The zero-order valence-electron chi connectivity index (χ0n) is 11.3. The van der Waals surface area contributed by atoms with Gasteiger partial charge in [-0.1, -0.05) is 11.6 Å². The third-order valence-electron chi connectivity index (χ3n) is 2.85. The highest BCUT2D eigenvalue weighted by Crippen LogP contribution is 2.29. The molecular weight excluding hydrogens is 278 g/mol. The van der Waals surface area contributed by atoms with Gasteiger partial charge in [-0.25, -0.2) is 4.98 Å². The number of aliphatic hydroxyl groups excluding tert-OH is 1. The van der Waals surface area contributed by atoms with E-state index in [2.05, 4.69) is 4.98 Å². The fourth-order valence-electron chi connectivity index (χ4n) is 1.85. The first-order valence-corrected chi connectivity index (χ1v) is 6.58. The number of aromatic nitrogens is 1. The summed E-state index contributed by atoms with van der Waals surface area (Å²) >= 11 is 5.93. The normalized spacial score (nSPS) is 12.0. The van der Waals surface area contributed by atoms with Gasteiger partial charge >= 0.3 is 0 Å². The predicted octanol–water partition coefficient (Wildman–Crippen LogP) is 3.38. The topological polar surface area (TPSA) is 51.6 Å². The minimum atomic E-state index is -0.653. The average molecular weight is 294 g/mol. The van der Waals surface area contributed by atoms with Crippen LogP contribution in [0.2, 0.25) is 5.02 Å². The quantitative estimate of drug-likeness (QED) is 0.918. The molecule has 0 unspecified atom stereocenters. The van der Waals surface area contributed by atoms with Crippen molar-refractivity contribution in [2.75, 3.05) is 7.11 Å². The van der Waals surface area contributed by atoms with E-state index in [-0.39, 0.29) is 0 Å². The Morgan fingerprint density at radius 2 is 2.15 bits per heavy atom. The number of benzene rings is 1. The summed E-state index contributed by atoms with van der Waals surface area (Å²) in [6.45, 7) is 1.97. The van der Waals surface area contributed by atoms with E-state index < -0.39 is 6.10 Å². The highest BCUT2D eigenvalue weighted by Gasteiger charge is 2.11. The van der Waals surface area contributed by atoms with Crippen LogP contribution < -0.4 is 9.47 Å². The molecular formula is C15H16ClNO3. The first-order chi connectivity index (χ1) is 9.61. The standard InChI is InChI=1S/C15H16ClNO3/c1-10(18)13-8-12(16)5-6-14(13)20-9-11-4-3-7-17-15(11)19-2/h3-8,10,18H,9H2,1-2H3/t10-/m1/s1. The Hall–Kier alpha value is -1.78. The maximum atomic E-state index is 9.75. The van der Waals surface area contributed by atoms with Crippen molar-refractivity contribution in [2.24, 2.45) is 0 Å². The lowest BCUT2D eigenvalue weighted by molar-refractivity contribution is 0.190. The van der Waals surface area contributed by atoms with E-state index in [4.69, 9.17) is 21.1 Å². The molecule has 2 aromatic rings. The van der Waals surface area contributed by atoms with Crippen molar-refractivity contribution in [3.05, 3.63) is 52.7 Å². The molecule has 0 fully saturated rings. The Bertz CT molecular complexity index is 587. The molecule has 0 aliphatic rings. The van der Waals surface area contributed by atoms with Crippen molar-refractivity contribution < 1.29 is 14.6 Å². The van der Waals surface area contributed by atoms with Crippen LogP contribution in [0, 0.1) is 0 Å². The molecule has 0 aliphatic carbocycles. The molecule has 1 N–H and O–H groups in total. The summed E-state index contributed by atoms with van der Waals surface area (Å²) in [6.07, 6.45) is 1.01. The van der Waals surface area contributed by atoms with Crippen molar-refractivity contribution in [3.8, 4) is 11.6 Å². The molecule has 106 valence electrons. The highest BCUT2D eigenvalue weighted by molar-refractivity contribution is 6.30. The lowest BCUT2D eigenvalue weighted by Gasteiger charge is -2.14. The van der Waals surface area contributed by atoms with Crippen LogP contribution >= 0.6 is 11.6 Å². The third kappa shape index (κ3) is 3.40. The fourth-order valence-corrected chi connectivity index (χ4v) is 2.03. The lowest BCUT2D eigenvalue weighted by atomic mass is 10.1. The smallest absolute Gasteiger partial charge is 0.219 e. The number of hydrogen-bond donors (Lipinski definition) is 1. The zero-order valence-corrected chi connectivity index (χ0v) is 12.1. The first kappa shape index (κ1) is 14.6. The number of ether oxygens (including phenoxy) is 2. The summed E-state index contributed by atoms with van der Waals surface area (Å²) in [5.74, 6) is 1.12. The maximum Gasteiger partial charge on any atom is 0.219 e. The Kier molecular flexibility index (Phi) is 4.82. The molecule has 0 amide bonds. The van der Waals surface area contributed by atoms with Crippen LogP contribution in [0.4, 0.5) is 0 Å². The van der Waals surface area contributed by atoms with E-state index in [1.54, 1.807) is 38.4 Å². The van der Waals surface area contributed by atoms with Gasteiger partial charge in [0.25, 0.3) is 0 Å². The van der Waals surface area contributed by atoms with Crippen LogP contribution in [-0.4, -0.2) is 17.2 Å². The molecule has 0 spiro atoms. The lowest BCUT2D eigenvalue weighted by Crippen LogP contribution is -2.03. The molecule has 1 aromatic heterocycles. The Labute approximate surface area is 122 Å². The molecule has 0 saturated heterocycles. The van der Waals surface area contributed by atoms with Crippen LogP contribution in [0.25, 0.3) is 0 Å². The predicted molar refractivity (Wildman–Crippen MR) is 77.2 cm³/mol. The van der Waals surface area contributed by atoms with Gasteiger partial charge in [0, 0.05) is 16.8 Å². The Balaban J connectivity index is 2.19. The van der Waals surface area contributed by atoms with Gasteiger partial charge in [0.1, 0.15) is 12.4 Å². The van der Waals surface area contributed by atoms with Crippen molar-refractivity contribution >= 4 is 11.6 Å². The van der Waals surface area contributed by atoms with E-state index in [0.717, 1.165) is 5.56 Å². The molecule has 0 aliphatic heterocycles. The molecule has 1 atom stereocenters. The van der Waals surface area contributed by atoms with Crippen LogP contribution in [0.15, 0.2) is 36.5 Å². The SMILES string of the molecule is COc1ncccc1COc1ccc(Cl)cc1[C@@H](C)O. The second kappa shape index (κ2) is 6.59. The van der Waals surface area contributed by atoms with Crippen LogP contribution in [0.1, 0.15) is 24.2 Å². The van der Waals surface area contributed by atoms with Gasteiger partial charge in [0.05, 0.1) is 18.8 Å². The second-order valence-corrected chi connectivity index (χ2v) is 4.76. The minimum Gasteiger partial charge on any atom is -0.488 e. The molecule has 0 radical (unpaired) electrons. The molecule has 1 heterocycles. The van der Waals surface area contributed by atoms with E-state index in [0.29, 0.717) is 28.8 Å². The highest BCUT2D eigenvalue weighted by atomic mass is 35.5. The molecule has 20 heavy (non-hydrogen) atoms. The summed E-state index contributed by atoms with van der Waals surface area (Å²) in [4.78, 5) is 4.11. The van der Waals surface area contributed by atoms with Crippen molar-refractivity contribution in [2.45, 2.75) is 19.6 Å². The summed E-state index contributed by atoms with van der Waals surface area (Å²) < 4.78 is 10.9. The molecule has 4 nitrogen and oxygen atoms in total. The Morgan fingerprint density at radius 1 is 1.35 bits per heavy atom. The number of rotatable bonds is 5. The van der Waals surface area contributed by atoms with Crippen LogP contribution in [0.5, 0.6) is 11.6 Å². The van der Waals surface area contributed by atoms with Crippen LogP contribution in [0.3, 0.4) is 0 Å². The molecule has 0 saturated carbocycles.